The average Bonchev–Trinajstić information content (AvgIpc) is 2.95. The zero-order valence-electron chi connectivity index (χ0n) is 22.3. The van der Waals surface area contributed by atoms with Crippen LogP contribution >= 0.6 is 35.0 Å². The number of amides is 3. The number of nitrogens with one attached hydrogen (secondary N) is 3. The third-order valence-electron chi connectivity index (χ3n) is 5.97. The van der Waals surface area contributed by atoms with Gasteiger partial charge in [0.05, 0.1) is 5.25 Å². The topological polar surface area (TPSA) is 87.3 Å². The van der Waals surface area contributed by atoms with Gasteiger partial charge in [0.15, 0.2) is 0 Å². The monoisotopic (exact) mass is 603 g/mol. The standard InChI is InChI=1S/C32H27Cl2N3O3S/c1-20-9-6-7-14-28(20)36-30(38)21(2)41-26-13-8-12-25(19-26)35-32(40)29(17-23-15-16-24(33)18-27(23)34)37-31(39)22-10-4-3-5-11-22/h3-19,21H,1-2H3,(H,35,40)(H,36,38)(H,37,39)/b29-17+. The van der Waals surface area contributed by atoms with Crippen molar-refractivity contribution < 1.29 is 14.4 Å². The quantitative estimate of drug-likeness (QED) is 0.134. The van der Waals surface area contributed by atoms with Gasteiger partial charge in [-0.2, -0.15) is 0 Å². The molecule has 0 aliphatic rings. The van der Waals surface area contributed by atoms with Crippen LogP contribution in [0.15, 0.2) is 108 Å². The van der Waals surface area contributed by atoms with Crippen LogP contribution in [-0.4, -0.2) is 23.0 Å². The largest absolute Gasteiger partial charge is 0.325 e. The molecule has 0 aliphatic carbocycles. The second-order valence-corrected chi connectivity index (χ2v) is 11.3. The van der Waals surface area contributed by atoms with Gasteiger partial charge < -0.3 is 16.0 Å². The molecule has 0 spiro atoms. The molecule has 0 radical (unpaired) electrons. The van der Waals surface area contributed by atoms with E-state index < -0.39 is 17.1 Å². The molecule has 0 saturated carbocycles. The molecule has 0 aliphatic heterocycles. The summed E-state index contributed by atoms with van der Waals surface area (Å²) >= 11 is 13.7. The maximum absolute atomic E-state index is 13.4. The van der Waals surface area contributed by atoms with Gasteiger partial charge in [-0.3, -0.25) is 14.4 Å². The fourth-order valence-electron chi connectivity index (χ4n) is 3.77. The number of para-hydroxylation sites is 1. The molecule has 4 aromatic carbocycles. The third-order valence-corrected chi connectivity index (χ3v) is 7.62. The minimum Gasteiger partial charge on any atom is -0.325 e. The molecule has 9 heteroatoms. The molecule has 0 fully saturated rings. The number of thioether (sulfide) groups is 1. The second-order valence-electron chi connectivity index (χ2n) is 9.09. The minimum atomic E-state index is -0.548. The van der Waals surface area contributed by atoms with Gasteiger partial charge in [0, 0.05) is 31.9 Å². The Bertz CT molecular complexity index is 1610. The molecule has 0 heterocycles. The Labute approximate surface area is 253 Å². The van der Waals surface area contributed by atoms with Crippen molar-refractivity contribution in [1.82, 2.24) is 5.32 Å². The predicted octanol–water partition coefficient (Wildman–Crippen LogP) is 7.83. The van der Waals surface area contributed by atoms with Crippen LogP contribution in [-0.2, 0) is 9.59 Å². The minimum absolute atomic E-state index is 0.00731. The number of rotatable bonds is 9. The van der Waals surface area contributed by atoms with E-state index in [1.165, 1.54) is 17.8 Å². The molecule has 3 N–H and O–H groups in total. The summed E-state index contributed by atoms with van der Waals surface area (Å²) in [6.07, 6.45) is 1.49. The average molecular weight is 605 g/mol. The summed E-state index contributed by atoms with van der Waals surface area (Å²) in [5.41, 5.74) is 3.13. The van der Waals surface area contributed by atoms with Crippen LogP contribution in [0, 0.1) is 6.92 Å². The third kappa shape index (κ3) is 8.47. The lowest BCUT2D eigenvalue weighted by molar-refractivity contribution is -0.115. The number of aryl methyl sites for hydroxylation is 1. The number of hydrogen-bond donors (Lipinski definition) is 3. The van der Waals surface area contributed by atoms with E-state index in [0.29, 0.717) is 26.9 Å². The van der Waals surface area contributed by atoms with Gasteiger partial charge in [-0.25, -0.2) is 0 Å². The number of carbonyl (C=O) groups is 3. The lowest BCUT2D eigenvalue weighted by Gasteiger charge is -2.15. The van der Waals surface area contributed by atoms with Gasteiger partial charge >= 0.3 is 0 Å². The molecule has 0 aromatic heterocycles. The predicted molar refractivity (Wildman–Crippen MR) is 169 cm³/mol. The second kappa shape index (κ2) is 14.0. The van der Waals surface area contributed by atoms with E-state index in [9.17, 15) is 14.4 Å². The first-order valence-corrected chi connectivity index (χ1v) is 14.3. The summed E-state index contributed by atoms with van der Waals surface area (Å²) in [5, 5.41) is 8.87. The van der Waals surface area contributed by atoms with Crippen LogP contribution in [0.5, 0.6) is 0 Å². The van der Waals surface area contributed by atoms with Crippen molar-refractivity contribution in [3.8, 4) is 0 Å². The lowest BCUT2D eigenvalue weighted by Crippen LogP contribution is -2.30. The highest BCUT2D eigenvalue weighted by atomic mass is 35.5. The van der Waals surface area contributed by atoms with Crippen LogP contribution in [0.4, 0.5) is 11.4 Å². The fraction of sp³-hybridized carbons (Fsp3) is 0.0938. The van der Waals surface area contributed by atoms with Crippen molar-refractivity contribution in [3.05, 3.63) is 129 Å². The summed E-state index contributed by atoms with van der Waals surface area (Å²) in [4.78, 5) is 39.9. The van der Waals surface area contributed by atoms with Gasteiger partial charge in [0.2, 0.25) is 5.91 Å². The molecule has 1 atom stereocenters. The van der Waals surface area contributed by atoms with E-state index in [0.717, 1.165) is 16.1 Å². The highest BCUT2D eigenvalue weighted by Gasteiger charge is 2.18. The van der Waals surface area contributed by atoms with E-state index in [4.69, 9.17) is 23.2 Å². The maximum atomic E-state index is 13.4. The number of hydrogen-bond acceptors (Lipinski definition) is 4. The Balaban J connectivity index is 1.51. The van der Waals surface area contributed by atoms with Crippen LogP contribution in [0.25, 0.3) is 6.08 Å². The molecule has 41 heavy (non-hydrogen) atoms. The maximum Gasteiger partial charge on any atom is 0.272 e. The number of anilines is 2. The Morgan fingerprint density at radius 2 is 1.56 bits per heavy atom. The van der Waals surface area contributed by atoms with Gasteiger partial charge in [-0.1, -0.05) is 71.7 Å². The van der Waals surface area contributed by atoms with Crippen molar-refractivity contribution in [1.29, 1.82) is 0 Å². The first kappa shape index (κ1) is 29.9. The summed E-state index contributed by atoms with van der Waals surface area (Å²) in [5.74, 6) is -1.13. The Morgan fingerprint density at radius 1 is 0.829 bits per heavy atom. The number of carbonyl (C=O) groups excluding carboxylic acids is 3. The molecule has 0 bridgehead atoms. The first-order valence-electron chi connectivity index (χ1n) is 12.7. The summed E-state index contributed by atoms with van der Waals surface area (Å²) in [7, 11) is 0. The van der Waals surface area contributed by atoms with Crippen LogP contribution in [0.2, 0.25) is 10.0 Å². The van der Waals surface area contributed by atoms with E-state index >= 15 is 0 Å². The van der Waals surface area contributed by atoms with Crippen molar-refractivity contribution in [3.63, 3.8) is 0 Å². The molecule has 6 nitrogen and oxygen atoms in total. The van der Waals surface area contributed by atoms with E-state index in [-0.39, 0.29) is 11.6 Å². The van der Waals surface area contributed by atoms with E-state index in [1.54, 1.807) is 66.7 Å². The fourth-order valence-corrected chi connectivity index (χ4v) is 5.16. The summed E-state index contributed by atoms with van der Waals surface area (Å²) in [6, 6.07) is 28.2. The zero-order chi connectivity index (χ0) is 29.4. The Hall–Kier alpha value is -4.04. The van der Waals surface area contributed by atoms with E-state index in [1.807, 2.05) is 44.2 Å². The van der Waals surface area contributed by atoms with Gasteiger partial charge in [-0.15, -0.1) is 11.8 Å². The van der Waals surface area contributed by atoms with Crippen LogP contribution in [0.3, 0.4) is 0 Å². The lowest BCUT2D eigenvalue weighted by atomic mass is 10.1. The smallest absolute Gasteiger partial charge is 0.272 e. The highest BCUT2D eigenvalue weighted by Crippen LogP contribution is 2.28. The molecular weight excluding hydrogens is 577 g/mol. The molecule has 208 valence electrons. The zero-order valence-corrected chi connectivity index (χ0v) is 24.6. The normalized spacial score (nSPS) is 11.9. The van der Waals surface area contributed by atoms with Crippen LogP contribution < -0.4 is 16.0 Å². The molecular formula is C32H27Cl2N3O3S. The summed E-state index contributed by atoms with van der Waals surface area (Å²) < 4.78 is 0. The number of benzene rings is 4. The van der Waals surface area contributed by atoms with E-state index in [2.05, 4.69) is 16.0 Å². The van der Waals surface area contributed by atoms with Crippen molar-refractivity contribution in [2.45, 2.75) is 24.0 Å². The van der Waals surface area contributed by atoms with Gasteiger partial charge in [0.1, 0.15) is 5.70 Å². The van der Waals surface area contributed by atoms with Crippen molar-refractivity contribution in [2.24, 2.45) is 0 Å². The first-order chi connectivity index (χ1) is 19.7. The number of halogens is 2. The molecule has 4 aromatic rings. The molecule has 4 rings (SSSR count). The highest BCUT2D eigenvalue weighted by molar-refractivity contribution is 8.00. The van der Waals surface area contributed by atoms with Crippen molar-refractivity contribution >= 4 is 70.1 Å². The molecule has 1 unspecified atom stereocenters. The Morgan fingerprint density at radius 3 is 2.29 bits per heavy atom. The molecule has 0 saturated heterocycles. The summed E-state index contributed by atoms with van der Waals surface area (Å²) in [6.45, 7) is 3.75. The SMILES string of the molecule is Cc1ccccc1NC(=O)C(C)Sc1cccc(NC(=O)/C(=C\c2ccc(Cl)cc2Cl)NC(=O)c2ccccc2)c1. The van der Waals surface area contributed by atoms with Gasteiger partial charge in [-0.05, 0) is 79.6 Å². The van der Waals surface area contributed by atoms with Gasteiger partial charge in [0.25, 0.3) is 11.8 Å². The van der Waals surface area contributed by atoms with Crippen molar-refractivity contribution in [2.75, 3.05) is 10.6 Å². The molecule has 3 amide bonds. The Kier molecular flexibility index (Phi) is 10.2. The van der Waals surface area contributed by atoms with Crippen LogP contribution in [0.1, 0.15) is 28.4 Å².